The number of hydrogen-bond donors (Lipinski definition) is 0. The second kappa shape index (κ2) is 14.4. The van der Waals surface area contributed by atoms with Crippen LogP contribution < -0.4 is 5.69 Å². The van der Waals surface area contributed by atoms with Gasteiger partial charge < -0.3 is 18.9 Å². The van der Waals surface area contributed by atoms with Crippen molar-refractivity contribution in [1.29, 1.82) is 0 Å². The molecule has 3 aromatic carbocycles. The average molecular weight is 629 g/mol. The van der Waals surface area contributed by atoms with Gasteiger partial charge in [0, 0.05) is 5.69 Å². The van der Waals surface area contributed by atoms with Crippen LogP contribution in [0.15, 0.2) is 107 Å². The molecule has 0 radical (unpaired) electrons. The summed E-state index contributed by atoms with van der Waals surface area (Å²) in [7, 11) is 0. The Bertz CT molecular complexity index is 1700. The Morgan fingerprint density at radius 1 is 0.800 bits per heavy atom. The molecule has 1 fully saturated rings. The number of benzene rings is 3. The third-order valence-electron chi connectivity index (χ3n) is 7.20. The summed E-state index contributed by atoms with van der Waals surface area (Å²) in [5, 5.41) is 0.510. The Balaban J connectivity index is 1.57. The molecule has 0 bridgehead atoms. The highest BCUT2D eigenvalue weighted by Crippen LogP contribution is 2.36. The lowest BCUT2D eigenvalue weighted by Crippen LogP contribution is -2.43. The van der Waals surface area contributed by atoms with Gasteiger partial charge in [0.2, 0.25) is 0 Å². The van der Waals surface area contributed by atoms with Gasteiger partial charge in [-0.2, -0.15) is 4.98 Å². The molecule has 45 heavy (non-hydrogen) atoms. The summed E-state index contributed by atoms with van der Waals surface area (Å²) in [5.74, 6) is -2.22. The number of esters is 3. The van der Waals surface area contributed by atoms with Gasteiger partial charge in [0.1, 0.15) is 17.7 Å². The van der Waals surface area contributed by atoms with E-state index in [-0.39, 0.29) is 23.7 Å². The van der Waals surface area contributed by atoms with E-state index in [1.165, 1.54) is 16.3 Å². The highest BCUT2D eigenvalue weighted by Gasteiger charge is 2.52. The molecule has 1 aromatic heterocycles. The number of carbonyl (C=O) groups is 3. The van der Waals surface area contributed by atoms with Crippen LogP contribution in [-0.4, -0.2) is 58.6 Å². The number of thioether (sulfide) groups is 1. The molecule has 4 atom stereocenters. The molecule has 1 aliphatic heterocycles. The third kappa shape index (κ3) is 7.33. The quantitative estimate of drug-likeness (QED) is 0.0990. The number of aromatic nitrogens is 2. The number of nitrogens with zero attached hydrogens (tertiary/aromatic N) is 2. The van der Waals surface area contributed by atoms with Crippen LogP contribution in [0.4, 0.5) is 0 Å². The van der Waals surface area contributed by atoms with Crippen molar-refractivity contribution in [2.45, 2.75) is 49.3 Å². The molecule has 0 spiro atoms. The Hall–Kier alpha value is -4.74. The average Bonchev–Trinajstić information content (AvgIpc) is 3.39. The zero-order valence-corrected chi connectivity index (χ0v) is 25.7. The predicted molar refractivity (Wildman–Crippen MR) is 166 cm³/mol. The van der Waals surface area contributed by atoms with Crippen molar-refractivity contribution in [3.8, 4) is 0 Å². The highest BCUT2D eigenvalue weighted by molar-refractivity contribution is 7.98. The molecule has 10 nitrogen and oxygen atoms in total. The van der Waals surface area contributed by atoms with Gasteiger partial charge in [0.15, 0.2) is 18.4 Å². The molecular weight excluding hydrogens is 596 g/mol. The summed E-state index contributed by atoms with van der Waals surface area (Å²) < 4.78 is 25.2. The maximum absolute atomic E-state index is 13.5. The molecule has 1 saturated heterocycles. The maximum atomic E-state index is 13.5. The van der Waals surface area contributed by atoms with Crippen LogP contribution in [0.25, 0.3) is 0 Å². The molecule has 0 aliphatic carbocycles. The lowest BCUT2D eigenvalue weighted by atomic mass is 10.1. The molecule has 2 heterocycles. The van der Waals surface area contributed by atoms with Crippen LogP contribution in [0.1, 0.15) is 62.8 Å². The monoisotopic (exact) mass is 628 g/mol. The smallest absolute Gasteiger partial charge is 0.351 e. The molecule has 232 valence electrons. The van der Waals surface area contributed by atoms with Crippen molar-refractivity contribution in [2.75, 3.05) is 12.9 Å². The minimum absolute atomic E-state index is 0.166. The minimum Gasteiger partial charge on any atom is -0.459 e. The Morgan fingerprint density at radius 3 is 1.78 bits per heavy atom. The second-order valence-corrected chi connectivity index (χ2v) is 11.4. The first-order chi connectivity index (χ1) is 21.8. The standard InChI is InChI=1S/C34H32N2O8S/c1-21(2)25-19-27(45-3)35-34(40)36(25)30-29(44-33(39)24-17-11-6-12-18-24)28(43-32(38)23-15-9-5-10-16-23)26(42-30)20-41-31(37)22-13-7-4-8-14-22/h4-19,21,26,28-30H,20H2,1-3H3/t26-,28-,29-,30-/m1/s1. The van der Waals surface area contributed by atoms with Crippen LogP contribution in [0.5, 0.6) is 0 Å². The van der Waals surface area contributed by atoms with Crippen LogP contribution in [-0.2, 0) is 18.9 Å². The molecule has 0 N–H and O–H groups in total. The van der Waals surface area contributed by atoms with Crippen LogP contribution in [0, 0.1) is 0 Å². The second-order valence-electron chi connectivity index (χ2n) is 10.5. The van der Waals surface area contributed by atoms with E-state index in [1.807, 2.05) is 20.1 Å². The lowest BCUT2D eigenvalue weighted by molar-refractivity contribution is -0.0654. The van der Waals surface area contributed by atoms with E-state index < -0.39 is 48.1 Å². The highest BCUT2D eigenvalue weighted by atomic mass is 32.2. The molecule has 5 rings (SSSR count). The van der Waals surface area contributed by atoms with Gasteiger partial charge in [-0.1, -0.05) is 68.4 Å². The first-order valence-corrected chi connectivity index (χ1v) is 15.6. The fourth-order valence-corrected chi connectivity index (χ4v) is 5.37. The van der Waals surface area contributed by atoms with E-state index in [0.717, 1.165) is 0 Å². The van der Waals surface area contributed by atoms with Crippen molar-refractivity contribution in [1.82, 2.24) is 9.55 Å². The van der Waals surface area contributed by atoms with Gasteiger partial charge in [0.25, 0.3) is 0 Å². The van der Waals surface area contributed by atoms with E-state index in [0.29, 0.717) is 16.3 Å². The van der Waals surface area contributed by atoms with Crippen molar-refractivity contribution < 1.29 is 33.3 Å². The fourth-order valence-electron chi connectivity index (χ4n) is 4.96. The van der Waals surface area contributed by atoms with E-state index >= 15 is 0 Å². The fraction of sp³-hybridized carbons (Fsp3) is 0.265. The van der Waals surface area contributed by atoms with Crippen LogP contribution >= 0.6 is 11.8 Å². The van der Waals surface area contributed by atoms with Gasteiger partial charge in [-0.25, -0.2) is 19.2 Å². The van der Waals surface area contributed by atoms with Gasteiger partial charge in [0.05, 0.1) is 16.7 Å². The Kier molecular flexibility index (Phi) is 10.1. The van der Waals surface area contributed by atoms with Crippen LogP contribution in [0.2, 0.25) is 0 Å². The third-order valence-corrected chi connectivity index (χ3v) is 7.82. The van der Waals surface area contributed by atoms with Gasteiger partial charge >= 0.3 is 23.6 Å². The summed E-state index contributed by atoms with van der Waals surface area (Å²) in [4.78, 5) is 57.4. The van der Waals surface area contributed by atoms with E-state index in [2.05, 4.69) is 4.98 Å². The van der Waals surface area contributed by atoms with E-state index in [1.54, 1.807) is 97.1 Å². The Morgan fingerprint density at radius 2 is 1.29 bits per heavy atom. The van der Waals surface area contributed by atoms with Crippen LogP contribution in [0.3, 0.4) is 0 Å². The summed E-state index contributed by atoms with van der Waals surface area (Å²) in [6.07, 6.45) is -3.16. The normalized spacial score (nSPS) is 19.2. The molecule has 4 aromatic rings. The largest absolute Gasteiger partial charge is 0.459 e. The van der Waals surface area contributed by atoms with Gasteiger partial charge in [-0.15, -0.1) is 11.8 Å². The first-order valence-electron chi connectivity index (χ1n) is 14.3. The molecule has 0 amide bonds. The predicted octanol–water partition coefficient (Wildman–Crippen LogP) is 5.29. The molecule has 0 saturated carbocycles. The first kappa shape index (κ1) is 31.7. The summed E-state index contributed by atoms with van der Waals surface area (Å²) >= 11 is 1.31. The molecule has 11 heteroatoms. The molecule has 0 unspecified atom stereocenters. The number of carbonyl (C=O) groups excluding carboxylic acids is 3. The number of rotatable bonds is 10. The van der Waals surface area contributed by atoms with Crippen molar-refractivity contribution >= 4 is 29.7 Å². The topological polar surface area (TPSA) is 123 Å². The van der Waals surface area contributed by atoms with Crippen molar-refractivity contribution in [3.63, 3.8) is 0 Å². The summed E-state index contributed by atoms with van der Waals surface area (Å²) in [6.45, 7) is 3.45. The van der Waals surface area contributed by atoms with Crippen molar-refractivity contribution in [2.24, 2.45) is 0 Å². The van der Waals surface area contributed by atoms with Gasteiger partial charge in [-0.05, 0) is 54.6 Å². The zero-order chi connectivity index (χ0) is 31.9. The lowest BCUT2D eigenvalue weighted by Gasteiger charge is -2.27. The zero-order valence-electron chi connectivity index (χ0n) is 24.9. The summed E-state index contributed by atoms with van der Waals surface area (Å²) in [6, 6.07) is 26.7. The Labute approximate surface area is 264 Å². The molecular formula is C34H32N2O8S. The maximum Gasteiger partial charge on any atom is 0.351 e. The number of ether oxygens (including phenoxy) is 4. The van der Waals surface area contributed by atoms with E-state index in [9.17, 15) is 19.2 Å². The summed E-state index contributed by atoms with van der Waals surface area (Å²) in [5.41, 5.74) is 0.745. The van der Waals surface area contributed by atoms with Gasteiger partial charge in [-0.3, -0.25) is 4.57 Å². The molecule has 1 aliphatic rings. The van der Waals surface area contributed by atoms with Crippen molar-refractivity contribution in [3.05, 3.63) is 130 Å². The minimum atomic E-state index is -1.32. The SMILES string of the molecule is CSc1cc(C(C)C)n([C@@H]2O[C@H](COC(=O)c3ccccc3)[C@@H](OC(=O)c3ccccc3)[C@H]2OC(=O)c2ccccc2)c(=O)n1. The number of hydrogen-bond acceptors (Lipinski definition) is 10. The van der Waals surface area contributed by atoms with E-state index in [4.69, 9.17) is 18.9 Å².